The van der Waals surface area contributed by atoms with E-state index in [2.05, 4.69) is 15.1 Å². The summed E-state index contributed by atoms with van der Waals surface area (Å²) in [6, 6.07) is 0. The largest absolute Gasteiger partial charge is 0.368 e. The fourth-order valence-electron chi connectivity index (χ4n) is 2.56. The highest BCUT2D eigenvalue weighted by Crippen LogP contribution is 2.32. The molecular formula is C12H14N6O. The molecule has 0 unspecified atom stereocenters. The molecular weight excluding hydrogens is 244 g/mol. The van der Waals surface area contributed by atoms with Crippen LogP contribution < -0.4 is 11.5 Å². The summed E-state index contributed by atoms with van der Waals surface area (Å²) in [5, 5.41) is 4.20. The van der Waals surface area contributed by atoms with Gasteiger partial charge in [0, 0.05) is 18.8 Å². The van der Waals surface area contributed by atoms with Gasteiger partial charge in [-0.1, -0.05) is 0 Å². The van der Waals surface area contributed by atoms with Crippen LogP contribution in [-0.4, -0.2) is 25.7 Å². The zero-order valence-corrected chi connectivity index (χ0v) is 10.6. The number of hydrogen-bond donors (Lipinski definition) is 2. The number of amides is 1. The second-order valence-electron chi connectivity index (χ2n) is 4.62. The molecule has 4 N–H and O–H groups in total. The molecule has 3 rings (SSSR count). The maximum Gasteiger partial charge on any atom is 0.269 e. The lowest BCUT2D eigenvalue weighted by atomic mass is 10.1. The predicted molar refractivity (Wildman–Crippen MR) is 69.2 cm³/mol. The molecule has 0 atom stereocenters. The standard InChI is InChI=1S/C12H14N6O/c1-18-10-7(9(17-18)11(13)19)4-2-3-6-5-15-12(14)16-8(6)10/h5H,2-4H2,1H3,(H2,13,19)(H2,14,15,16). The first kappa shape index (κ1) is 11.6. The first-order valence-electron chi connectivity index (χ1n) is 6.05. The zero-order valence-electron chi connectivity index (χ0n) is 10.6. The summed E-state index contributed by atoms with van der Waals surface area (Å²) in [4.78, 5) is 19.8. The van der Waals surface area contributed by atoms with E-state index in [-0.39, 0.29) is 5.95 Å². The Labute approximate surface area is 109 Å². The van der Waals surface area contributed by atoms with Gasteiger partial charge in [0.1, 0.15) is 0 Å². The van der Waals surface area contributed by atoms with Crippen LogP contribution in [0.2, 0.25) is 0 Å². The zero-order chi connectivity index (χ0) is 13.6. The van der Waals surface area contributed by atoms with Crippen molar-refractivity contribution >= 4 is 11.9 Å². The van der Waals surface area contributed by atoms with Crippen LogP contribution in [0.3, 0.4) is 0 Å². The third-order valence-electron chi connectivity index (χ3n) is 3.36. The number of rotatable bonds is 1. The number of carbonyl (C=O) groups is 1. The van der Waals surface area contributed by atoms with Crippen molar-refractivity contribution < 1.29 is 4.79 Å². The average Bonchev–Trinajstić information content (AvgIpc) is 2.57. The summed E-state index contributed by atoms with van der Waals surface area (Å²) in [5.74, 6) is -0.296. The van der Waals surface area contributed by atoms with Gasteiger partial charge in [0.15, 0.2) is 5.69 Å². The number of fused-ring (bicyclic) bond motifs is 3. The molecule has 2 aromatic heterocycles. The average molecular weight is 258 g/mol. The fraction of sp³-hybridized carbons (Fsp3) is 0.333. The lowest BCUT2D eigenvalue weighted by Gasteiger charge is -2.06. The number of nitrogens with two attached hydrogens (primary N) is 2. The van der Waals surface area contributed by atoms with E-state index in [0.29, 0.717) is 5.69 Å². The molecule has 7 heteroatoms. The van der Waals surface area contributed by atoms with E-state index in [4.69, 9.17) is 11.5 Å². The quantitative estimate of drug-likeness (QED) is 0.750. The highest BCUT2D eigenvalue weighted by molar-refractivity contribution is 5.94. The summed E-state index contributed by atoms with van der Waals surface area (Å²) in [6.07, 6.45) is 4.24. The molecule has 2 aromatic rings. The lowest BCUT2D eigenvalue weighted by Crippen LogP contribution is -2.14. The summed E-state index contributed by atoms with van der Waals surface area (Å²) in [6.45, 7) is 0. The summed E-state index contributed by atoms with van der Waals surface area (Å²) >= 11 is 0. The predicted octanol–water partition coefficient (Wildman–Crippen LogP) is 0.0469. The molecule has 0 fully saturated rings. The Balaban J connectivity index is 2.31. The minimum atomic E-state index is -0.512. The molecule has 0 aliphatic heterocycles. The van der Waals surface area contributed by atoms with Gasteiger partial charge >= 0.3 is 0 Å². The summed E-state index contributed by atoms with van der Waals surface area (Å²) in [7, 11) is 1.78. The van der Waals surface area contributed by atoms with Gasteiger partial charge in [-0.2, -0.15) is 5.10 Å². The second-order valence-corrected chi connectivity index (χ2v) is 4.62. The molecule has 0 bridgehead atoms. The number of anilines is 1. The molecule has 19 heavy (non-hydrogen) atoms. The normalized spacial score (nSPS) is 13.5. The second kappa shape index (κ2) is 4.04. The molecule has 0 radical (unpaired) electrons. The Morgan fingerprint density at radius 2 is 2.21 bits per heavy atom. The third kappa shape index (κ3) is 1.74. The number of aromatic nitrogens is 4. The van der Waals surface area contributed by atoms with E-state index in [1.54, 1.807) is 17.9 Å². The minimum absolute atomic E-state index is 0.216. The van der Waals surface area contributed by atoms with Gasteiger partial charge < -0.3 is 11.5 Å². The van der Waals surface area contributed by atoms with E-state index in [1.165, 1.54) is 0 Å². The highest BCUT2D eigenvalue weighted by atomic mass is 16.1. The van der Waals surface area contributed by atoms with Crippen molar-refractivity contribution in [2.75, 3.05) is 5.73 Å². The maximum atomic E-state index is 11.5. The van der Waals surface area contributed by atoms with Crippen molar-refractivity contribution in [1.82, 2.24) is 19.7 Å². The van der Waals surface area contributed by atoms with E-state index in [9.17, 15) is 4.79 Å². The number of primary amides is 1. The van der Waals surface area contributed by atoms with E-state index in [0.717, 1.165) is 41.8 Å². The minimum Gasteiger partial charge on any atom is -0.368 e. The van der Waals surface area contributed by atoms with Gasteiger partial charge in [-0.05, 0) is 24.8 Å². The molecule has 2 heterocycles. The Hall–Kier alpha value is -2.44. The summed E-state index contributed by atoms with van der Waals surface area (Å²) in [5.41, 5.74) is 14.8. The van der Waals surface area contributed by atoms with Crippen molar-refractivity contribution in [3.63, 3.8) is 0 Å². The molecule has 1 amide bonds. The van der Waals surface area contributed by atoms with Gasteiger partial charge in [-0.3, -0.25) is 9.48 Å². The van der Waals surface area contributed by atoms with Crippen LogP contribution in [-0.2, 0) is 19.9 Å². The number of nitrogen functional groups attached to an aromatic ring is 1. The van der Waals surface area contributed by atoms with Crippen LogP contribution in [0.4, 0.5) is 5.95 Å². The SMILES string of the molecule is Cn1nc(C(N)=O)c2c1-c1nc(N)ncc1CCC2. The first-order chi connectivity index (χ1) is 9.08. The molecule has 1 aliphatic rings. The van der Waals surface area contributed by atoms with Crippen LogP contribution in [0.25, 0.3) is 11.4 Å². The third-order valence-corrected chi connectivity index (χ3v) is 3.36. The number of hydrogen-bond acceptors (Lipinski definition) is 5. The molecule has 98 valence electrons. The lowest BCUT2D eigenvalue weighted by molar-refractivity contribution is 0.0994. The van der Waals surface area contributed by atoms with Crippen LogP contribution in [0.15, 0.2) is 6.20 Å². The fourth-order valence-corrected chi connectivity index (χ4v) is 2.56. The number of carbonyl (C=O) groups excluding carboxylic acids is 1. The Bertz CT molecular complexity index is 675. The van der Waals surface area contributed by atoms with Crippen LogP contribution in [0.5, 0.6) is 0 Å². The van der Waals surface area contributed by atoms with Gasteiger partial charge in [0.25, 0.3) is 5.91 Å². The van der Waals surface area contributed by atoms with Crippen molar-refractivity contribution in [3.8, 4) is 11.4 Å². The first-order valence-corrected chi connectivity index (χ1v) is 6.05. The van der Waals surface area contributed by atoms with E-state index >= 15 is 0 Å². The van der Waals surface area contributed by atoms with Gasteiger partial charge in [0.05, 0.1) is 11.4 Å². The summed E-state index contributed by atoms with van der Waals surface area (Å²) < 4.78 is 1.64. The highest BCUT2D eigenvalue weighted by Gasteiger charge is 2.26. The molecule has 0 saturated carbocycles. The van der Waals surface area contributed by atoms with Crippen molar-refractivity contribution in [2.45, 2.75) is 19.3 Å². The Morgan fingerprint density at radius 1 is 1.42 bits per heavy atom. The van der Waals surface area contributed by atoms with Crippen LogP contribution in [0.1, 0.15) is 28.0 Å². The number of aryl methyl sites for hydroxylation is 2. The van der Waals surface area contributed by atoms with Crippen molar-refractivity contribution in [1.29, 1.82) is 0 Å². The molecule has 0 aromatic carbocycles. The number of nitrogens with zero attached hydrogens (tertiary/aromatic N) is 4. The van der Waals surface area contributed by atoms with Gasteiger partial charge in [-0.15, -0.1) is 0 Å². The maximum absolute atomic E-state index is 11.5. The molecule has 1 aliphatic carbocycles. The van der Waals surface area contributed by atoms with Crippen molar-refractivity contribution in [2.24, 2.45) is 12.8 Å². The van der Waals surface area contributed by atoms with Crippen LogP contribution >= 0.6 is 0 Å². The smallest absolute Gasteiger partial charge is 0.269 e. The van der Waals surface area contributed by atoms with Gasteiger partial charge in [-0.25, -0.2) is 9.97 Å². The van der Waals surface area contributed by atoms with Gasteiger partial charge in [0.2, 0.25) is 5.95 Å². The molecule has 0 saturated heterocycles. The van der Waals surface area contributed by atoms with Crippen molar-refractivity contribution in [3.05, 3.63) is 23.0 Å². The Kier molecular flexibility index (Phi) is 2.48. The van der Waals surface area contributed by atoms with Crippen LogP contribution in [0, 0.1) is 0 Å². The van der Waals surface area contributed by atoms with E-state index < -0.39 is 5.91 Å². The topological polar surface area (TPSA) is 113 Å². The molecule has 0 spiro atoms. The Morgan fingerprint density at radius 3 is 2.95 bits per heavy atom. The molecule has 7 nitrogen and oxygen atoms in total. The van der Waals surface area contributed by atoms with E-state index in [1.807, 2.05) is 0 Å². The monoisotopic (exact) mass is 258 g/mol.